The third kappa shape index (κ3) is 5.82. The van der Waals surface area contributed by atoms with Gasteiger partial charge in [-0.15, -0.1) is 0 Å². The van der Waals surface area contributed by atoms with Gasteiger partial charge in [0.25, 0.3) is 0 Å². The molecule has 0 saturated carbocycles. The number of carbonyl (C=O) groups is 5. The number of esters is 1. The number of hydrogen-bond donors (Lipinski definition) is 6. The van der Waals surface area contributed by atoms with Crippen molar-refractivity contribution in [2.45, 2.75) is 75.1 Å². The van der Waals surface area contributed by atoms with Gasteiger partial charge in [-0.2, -0.15) is 0 Å². The minimum Gasteiger partial charge on any atom is -0.507 e. The summed E-state index contributed by atoms with van der Waals surface area (Å²) in [4.78, 5) is 63.4. The number of carbonyl (C=O) groups excluding carboxylic acids is 4. The topological polar surface area (TPSA) is 244 Å². The van der Waals surface area contributed by atoms with Crippen LogP contribution in [0.2, 0.25) is 0 Å². The Balaban J connectivity index is 1.60. The van der Waals surface area contributed by atoms with Gasteiger partial charge in [-0.3, -0.25) is 24.0 Å². The lowest BCUT2D eigenvalue weighted by atomic mass is 9.72. The average Bonchev–Trinajstić information content (AvgIpc) is 3.03. The van der Waals surface area contributed by atoms with Crippen LogP contribution in [0, 0.1) is 0 Å². The predicted molar refractivity (Wildman–Crippen MR) is 151 cm³/mol. The molecular formula is C31H31FO15. The summed E-state index contributed by atoms with van der Waals surface area (Å²) >= 11 is 0. The summed E-state index contributed by atoms with van der Waals surface area (Å²) in [7, 11) is 1.25. The first-order chi connectivity index (χ1) is 22.1. The molecule has 1 saturated heterocycles. The van der Waals surface area contributed by atoms with Crippen molar-refractivity contribution < 1.29 is 77.9 Å². The molecule has 16 heteroatoms. The first-order valence-corrected chi connectivity index (χ1v) is 14.4. The van der Waals surface area contributed by atoms with Crippen LogP contribution in [-0.4, -0.2) is 110 Å². The number of rotatable bonds is 9. The van der Waals surface area contributed by atoms with Gasteiger partial charge in [0.05, 0.1) is 48.8 Å². The molecule has 252 valence electrons. The van der Waals surface area contributed by atoms with E-state index in [1.165, 1.54) is 32.2 Å². The Morgan fingerprint density at radius 2 is 1.70 bits per heavy atom. The van der Waals surface area contributed by atoms with Gasteiger partial charge in [-0.1, -0.05) is 12.1 Å². The lowest BCUT2D eigenvalue weighted by Crippen LogP contribution is -2.56. The zero-order chi connectivity index (χ0) is 34.5. The second kappa shape index (κ2) is 12.6. The molecule has 1 heterocycles. The lowest BCUT2D eigenvalue weighted by molar-refractivity contribution is -0.294. The minimum atomic E-state index is -2.57. The number of phenolic OH excluding ortho intramolecular Hbond substituents is 2. The third-order valence-electron chi connectivity index (χ3n) is 8.57. The molecule has 2 aromatic carbocycles. The van der Waals surface area contributed by atoms with Crippen LogP contribution in [0.1, 0.15) is 75.3 Å². The van der Waals surface area contributed by atoms with Crippen molar-refractivity contribution in [2.24, 2.45) is 0 Å². The van der Waals surface area contributed by atoms with E-state index in [2.05, 4.69) is 0 Å². The van der Waals surface area contributed by atoms with Crippen LogP contribution in [0.15, 0.2) is 18.2 Å². The maximum absolute atomic E-state index is 15.2. The summed E-state index contributed by atoms with van der Waals surface area (Å²) < 4.78 is 36.4. The maximum atomic E-state index is 15.2. The van der Waals surface area contributed by atoms with Gasteiger partial charge in [-0.05, 0) is 13.0 Å². The molecule has 5 rings (SSSR count). The molecule has 6 N–H and O–H groups in total. The van der Waals surface area contributed by atoms with Gasteiger partial charge in [0, 0.05) is 29.5 Å². The standard InChI is InChI=1S/C31H31FO15/c1-11-24(37)29(42)23(32)30(46-11)47-15-9-31(43,16(33)10-45-18(36)7-6-17(34)35)8-13-20(15)28(41)22-21(26(13)39)25(38)12-4-3-5-14(44-2)19(12)27(22)40/h3-5,11,15,23-24,29-30,37,39,41-43H,6-10H2,1-2H3,(H,34,35)/t11-,15-,23+,24+,29-,30-,31-/m0/s1. The van der Waals surface area contributed by atoms with E-state index >= 15 is 4.39 Å². The van der Waals surface area contributed by atoms with Gasteiger partial charge in [0.1, 0.15) is 35.1 Å². The molecule has 1 fully saturated rings. The Morgan fingerprint density at radius 1 is 1.02 bits per heavy atom. The summed E-state index contributed by atoms with van der Waals surface area (Å²) in [5, 5.41) is 63.7. The van der Waals surface area contributed by atoms with Crippen molar-refractivity contribution in [1.82, 2.24) is 0 Å². The fraction of sp³-hybridized carbons (Fsp3) is 0.452. The average molecular weight is 663 g/mol. The molecule has 2 aromatic rings. The van der Waals surface area contributed by atoms with E-state index < -0.39 is 138 Å². The van der Waals surface area contributed by atoms with Gasteiger partial charge < -0.3 is 49.6 Å². The van der Waals surface area contributed by atoms with Crippen molar-refractivity contribution in [1.29, 1.82) is 0 Å². The van der Waals surface area contributed by atoms with Gasteiger partial charge >= 0.3 is 11.9 Å². The molecule has 3 aliphatic rings. The van der Waals surface area contributed by atoms with Crippen molar-refractivity contribution in [3.8, 4) is 17.2 Å². The summed E-state index contributed by atoms with van der Waals surface area (Å²) in [6.45, 7) is 0.241. The molecular weight excluding hydrogens is 631 g/mol. The van der Waals surface area contributed by atoms with Crippen LogP contribution >= 0.6 is 0 Å². The number of halogens is 1. The van der Waals surface area contributed by atoms with Gasteiger partial charge in [0.2, 0.25) is 11.6 Å². The van der Waals surface area contributed by atoms with Crippen LogP contribution in [-0.2, 0) is 35.0 Å². The van der Waals surface area contributed by atoms with E-state index in [9.17, 15) is 49.5 Å². The van der Waals surface area contributed by atoms with E-state index in [1.54, 1.807) is 0 Å². The monoisotopic (exact) mass is 662 g/mol. The van der Waals surface area contributed by atoms with Crippen LogP contribution < -0.4 is 4.74 Å². The normalized spacial score (nSPS) is 28.1. The van der Waals surface area contributed by atoms with E-state index in [0.717, 1.165) is 0 Å². The number of carboxylic acids is 1. The molecule has 0 unspecified atom stereocenters. The molecule has 1 aliphatic heterocycles. The number of aliphatic carboxylic acids is 1. The highest BCUT2D eigenvalue weighted by atomic mass is 19.1. The van der Waals surface area contributed by atoms with E-state index in [-0.39, 0.29) is 16.9 Å². The number of aromatic hydroxyl groups is 2. The van der Waals surface area contributed by atoms with Crippen molar-refractivity contribution in [2.75, 3.05) is 13.7 Å². The fourth-order valence-electron chi connectivity index (χ4n) is 6.07. The number of aliphatic hydroxyl groups is 3. The second-order valence-corrected chi connectivity index (χ2v) is 11.5. The van der Waals surface area contributed by atoms with Gasteiger partial charge in [-0.25, -0.2) is 4.39 Å². The minimum absolute atomic E-state index is 0.00815. The highest BCUT2D eigenvalue weighted by molar-refractivity contribution is 6.31. The van der Waals surface area contributed by atoms with E-state index in [0.29, 0.717) is 0 Å². The fourth-order valence-corrected chi connectivity index (χ4v) is 6.07. The highest BCUT2D eigenvalue weighted by Crippen LogP contribution is 2.52. The number of hydrogen-bond acceptors (Lipinski definition) is 14. The summed E-state index contributed by atoms with van der Waals surface area (Å²) in [5.41, 5.74) is -5.08. The van der Waals surface area contributed by atoms with Crippen LogP contribution in [0.5, 0.6) is 17.2 Å². The zero-order valence-corrected chi connectivity index (χ0v) is 25.0. The third-order valence-corrected chi connectivity index (χ3v) is 8.57. The molecule has 0 amide bonds. The Hall–Kier alpha value is -4.48. The molecule has 15 nitrogen and oxygen atoms in total. The Labute approximate surface area is 265 Å². The number of ketones is 3. The SMILES string of the molecule is COc1cccc2c1C(=O)c1c(O)c3c(c(O)c1C2=O)C[C@@](O)(C(=O)COC(=O)CCC(=O)O)C[C@@H]3O[C@@H]1O[C@@H](C)[C@@H](O)[C@@H](O)[C@H]1F. The molecule has 0 spiro atoms. The summed E-state index contributed by atoms with van der Waals surface area (Å²) in [6.07, 6.45) is -13.7. The van der Waals surface area contributed by atoms with E-state index in [1.807, 2.05) is 0 Å². The van der Waals surface area contributed by atoms with E-state index in [4.69, 9.17) is 24.1 Å². The first kappa shape index (κ1) is 33.9. The largest absolute Gasteiger partial charge is 0.507 e. The molecule has 0 aromatic heterocycles. The number of benzene rings is 2. The molecule has 47 heavy (non-hydrogen) atoms. The quantitative estimate of drug-likeness (QED) is 0.134. The number of methoxy groups -OCH3 is 1. The molecule has 0 radical (unpaired) electrons. The Kier molecular flexibility index (Phi) is 9.09. The number of fused-ring (bicyclic) bond motifs is 3. The van der Waals surface area contributed by atoms with Gasteiger partial charge in [0.15, 0.2) is 24.9 Å². The number of phenols is 2. The van der Waals surface area contributed by atoms with Crippen molar-refractivity contribution in [3.63, 3.8) is 0 Å². The maximum Gasteiger partial charge on any atom is 0.306 e. The first-order valence-electron chi connectivity index (χ1n) is 14.4. The summed E-state index contributed by atoms with van der Waals surface area (Å²) in [6, 6.07) is 4.12. The zero-order valence-electron chi connectivity index (χ0n) is 25.0. The number of alkyl halides is 1. The van der Waals surface area contributed by atoms with Crippen molar-refractivity contribution in [3.05, 3.63) is 51.6 Å². The number of aliphatic hydroxyl groups excluding tert-OH is 2. The Bertz CT molecular complexity index is 1670. The Morgan fingerprint density at radius 3 is 2.36 bits per heavy atom. The summed E-state index contributed by atoms with van der Waals surface area (Å²) in [5.74, 6) is -7.16. The number of ether oxygens (including phenoxy) is 4. The lowest BCUT2D eigenvalue weighted by Gasteiger charge is -2.43. The highest BCUT2D eigenvalue weighted by Gasteiger charge is 2.52. The molecule has 7 atom stereocenters. The predicted octanol–water partition coefficient (Wildman–Crippen LogP) is 0.399. The smallest absolute Gasteiger partial charge is 0.306 e. The van der Waals surface area contributed by atoms with Crippen LogP contribution in [0.4, 0.5) is 4.39 Å². The molecule has 0 bridgehead atoms. The van der Waals surface area contributed by atoms with Crippen LogP contribution in [0.3, 0.4) is 0 Å². The number of Topliss-reactive ketones (excluding diaryl/α,β-unsaturated/α-hetero) is 1. The molecule has 2 aliphatic carbocycles. The van der Waals surface area contributed by atoms with Crippen molar-refractivity contribution >= 4 is 29.3 Å². The number of carboxylic acid groups (broad SMARTS) is 1. The van der Waals surface area contributed by atoms with Crippen LogP contribution in [0.25, 0.3) is 0 Å². The second-order valence-electron chi connectivity index (χ2n) is 11.5.